The van der Waals surface area contributed by atoms with E-state index in [1.54, 1.807) is 12.1 Å². The van der Waals surface area contributed by atoms with Crippen LogP contribution in [0.4, 0.5) is 0 Å². The van der Waals surface area contributed by atoms with Crippen molar-refractivity contribution in [3.05, 3.63) is 27.7 Å². The third kappa shape index (κ3) is 3.53. The average molecular weight is 290 g/mol. The van der Waals surface area contributed by atoms with Crippen molar-refractivity contribution >= 4 is 23.2 Å². The molecule has 0 amide bonds. The molecular formula is C14H21Cl2NO. The van der Waals surface area contributed by atoms with Crippen LogP contribution >= 0.6 is 23.2 Å². The molecule has 1 aromatic carbocycles. The minimum absolute atomic E-state index is 0.112. The van der Waals surface area contributed by atoms with Crippen molar-refractivity contribution < 1.29 is 5.11 Å². The van der Waals surface area contributed by atoms with Gasteiger partial charge >= 0.3 is 0 Å². The van der Waals surface area contributed by atoms with Crippen LogP contribution in [0.2, 0.25) is 10.0 Å². The van der Waals surface area contributed by atoms with Crippen molar-refractivity contribution in [1.29, 1.82) is 0 Å². The molecule has 0 saturated carbocycles. The van der Waals surface area contributed by atoms with E-state index in [1.165, 1.54) is 0 Å². The minimum atomic E-state index is 0.112. The average Bonchev–Trinajstić information content (AvgIpc) is 2.37. The van der Waals surface area contributed by atoms with Gasteiger partial charge in [-0.3, -0.25) is 0 Å². The van der Waals surface area contributed by atoms with E-state index in [-0.39, 0.29) is 11.3 Å². The van der Waals surface area contributed by atoms with E-state index >= 15 is 0 Å². The zero-order chi connectivity index (χ0) is 13.8. The molecule has 0 radical (unpaired) electrons. The van der Waals surface area contributed by atoms with Crippen LogP contribution in [0, 0.1) is 0 Å². The summed E-state index contributed by atoms with van der Waals surface area (Å²) in [6.45, 7) is 7.09. The first kappa shape index (κ1) is 15.6. The Morgan fingerprint density at radius 3 is 2.17 bits per heavy atom. The van der Waals surface area contributed by atoms with Gasteiger partial charge in [0.25, 0.3) is 0 Å². The van der Waals surface area contributed by atoms with E-state index in [1.807, 2.05) is 0 Å². The van der Waals surface area contributed by atoms with Crippen molar-refractivity contribution in [2.45, 2.75) is 52.1 Å². The zero-order valence-electron chi connectivity index (χ0n) is 11.2. The third-order valence-electron chi connectivity index (χ3n) is 3.79. The van der Waals surface area contributed by atoms with Gasteiger partial charge in [0, 0.05) is 22.7 Å². The van der Waals surface area contributed by atoms with Crippen LogP contribution in [0.3, 0.4) is 0 Å². The van der Waals surface area contributed by atoms with Gasteiger partial charge in [-0.15, -0.1) is 0 Å². The van der Waals surface area contributed by atoms with Crippen molar-refractivity contribution in [2.24, 2.45) is 0 Å². The van der Waals surface area contributed by atoms with Gasteiger partial charge < -0.3 is 10.4 Å². The monoisotopic (exact) mass is 289 g/mol. The summed E-state index contributed by atoms with van der Waals surface area (Å²) in [6, 6.07) is 3.30. The number of rotatable bonds is 6. The Morgan fingerprint density at radius 2 is 1.67 bits per heavy atom. The fraction of sp³-hybridized carbons (Fsp3) is 0.571. The second-order valence-corrected chi connectivity index (χ2v) is 5.43. The first-order valence-corrected chi connectivity index (χ1v) is 7.15. The van der Waals surface area contributed by atoms with Gasteiger partial charge in [-0.1, -0.05) is 44.0 Å². The van der Waals surface area contributed by atoms with Gasteiger partial charge in [-0.2, -0.15) is 0 Å². The molecule has 0 fully saturated rings. The molecule has 0 aliphatic rings. The summed E-state index contributed by atoms with van der Waals surface area (Å²) in [4.78, 5) is 0. The maximum absolute atomic E-state index is 9.91. The summed E-state index contributed by atoms with van der Waals surface area (Å²) in [5, 5.41) is 14.3. The highest BCUT2D eigenvalue weighted by atomic mass is 35.5. The van der Waals surface area contributed by atoms with Crippen LogP contribution in [-0.4, -0.2) is 10.6 Å². The van der Waals surface area contributed by atoms with Crippen molar-refractivity contribution in [3.63, 3.8) is 0 Å². The lowest BCUT2D eigenvalue weighted by Crippen LogP contribution is -2.43. The molecule has 102 valence electrons. The lowest BCUT2D eigenvalue weighted by Gasteiger charge is -2.32. The Bertz CT molecular complexity index is 395. The minimum Gasteiger partial charge on any atom is -0.506 e. The molecular weight excluding hydrogens is 269 g/mol. The molecule has 2 nitrogen and oxygen atoms in total. The van der Waals surface area contributed by atoms with Crippen LogP contribution < -0.4 is 5.32 Å². The zero-order valence-corrected chi connectivity index (χ0v) is 12.7. The quantitative estimate of drug-likeness (QED) is 0.792. The van der Waals surface area contributed by atoms with Gasteiger partial charge in [0.2, 0.25) is 0 Å². The Morgan fingerprint density at radius 1 is 1.11 bits per heavy atom. The summed E-state index contributed by atoms with van der Waals surface area (Å²) >= 11 is 11.9. The van der Waals surface area contributed by atoms with E-state index in [0.29, 0.717) is 16.6 Å². The Balaban J connectivity index is 2.86. The van der Waals surface area contributed by atoms with Crippen molar-refractivity contribution in [1.82, 2.24) is 5.32 Å². The number of benzene rings is 1. The Kier molecular flexibility index (Phi) is 5.77. The molecule has 0 saturated heterocycles. The molecule has 1 rings (SSSR count). The maximum atomic E-state index is 9.91. The number of halogens is 2. The maximum Gasteiger partial charge on any atom is 0.138 e. The molecule has 0 spiro atoms. The lowest BCUT2D eigenvalue weighted by molar-refractivity contribution is 0.286. The molecule has 2 N–H and O–H groups in total. The molecule has 1 aromatic rings. The number of phenols is 1. The molecule has 0 unspecified atom stereocenters. The van der Waals surface area contributed by atoms with Gasteiger partial charge in [0.05, 0.1) is 5.02 Å². The Hall–Kier alpha value is -0.440. The van der Waals surface area contributed by atoms with E-state index in [9.17, 15) is 5.11 Å². The molecule has 0 bridgehead atoms. The molecule has 18 heavy (non-hydrogen) atoms. The van der Waals surface area contributed by atoms with Crippen LogP contribution in [0.25, 0.3) is 0 Å². The molecule has 4 heteroatoms. The highest BCUT2D eigenvalue weighted by Gasteiger charge is 2.23. The fourth-order valence-electron chi connectivity index (χ4n) is 2.16. The van der Waals surface area contributed by atoms with Crippen LogP contribution in [0.5, 0.6) is 5.75 Å². The molecule has 0 aliphatic heterocycles. The van der Waals surface area contributed by atoms with E-state index in [2.05, 4.69) is 26.1 Å². The summed E-state index contributed by atoms with van der Waals surface area (Å²) in [7, 11) is 0. The van der Waals surface area contributed by atoms with Gasteiger partial charge in [-0.25, -0.2) is 0 Å². The van der Waals surface area contributed by atoms with Crippen LogP contribution in [0.1, 0.15) is 45.6 Å². The van der Waals surface area contributed by atoms with E-state index in [4.69, 9.17) is 23.2 Å². The number of hydrogen-bond donors (Lipinski definition) is 2. The number of phenolic OH excluding ortho intramolecular Hbond substituents is 1. The smallest absolute Gasteiger partial charge is 0.138 e. The predicted octanol–water partition coefficient (Wildman–Crippen LogP) is 4.76. The fourth-order valence-corrected chi connectivity index (χ4v) is 2.70. The van der Waals surface area contributed by atoms with Gasteiger partial charge in [-0.05, 0) is 31.4 Å². The summed E-state index contributed by atoms with van der Waals surface area (Å²) < 4.78 is 0. The largest absolute Gasteiger partial charge is 0.506 e. The number of hydrogen-bond acceptors (Lipinski definition) is 2. The third-order valence-corrected chi connectivity index (χ3v) is 4.30. The Labute approximate surface area is 119 Å². The molecule has 0 atom stereocenters. The van der Waals surface area contributed by atoms with Crippen LogP contribution in [0.15, 0.2) is 12.1 Å². The summed E-state index contributed by atoms with van der Waals surface area (Å²) in [5.41, 5.74) is 0.855. The SMILES string of the molecule is CCC(CC)(CC)NCc1cc(Cl)cc(Cl)c1O. The topological polar surface area (TPSA) is 32.3 Å². The molecule has 0 heterocycles. The second kappa shape index (κ2) is 6.65. The standard InChI is InChI=1S/C14H21Cl2NO/c1-4-14(5-2,6-3)17-9-10-7-11(15)8-12(16)13(10)18/h7-8,17-18H,4-6,9H2,1-3H3. The van der Waals surface area contributed by atoms with Gasteiger partial charge in [0.15, 0.2) is 0 Å². The van der Waals surface area contributed by atoms with Gasteiger partial charge in [0.1, 0.15) is 5.75 Å². The van der Waals surface area contributed by atoms with Crippen LogP contribution in [-0.2, 0) is 6.54 Å². The first-order chi connectivity index (χ1) is 8.48. The first-order valence-electron chi connectivity index (χ1n) is 6.40. The highest BCUT2D eigenvalue weighted by Crippen LogP contribution is 2.31. The summed E-state index contributed by atoms with van der Waals surface area (Å²) in [5.74, 6) is 0.116. The normalized spacial score (nSPS) is 11.8. The number of aromatic hydroxyl groups is 1. The highest BCUT2D eigenvalue weighted by molar-refractivity contribution is 6.35. The van der Waals surface area contributed by atoms with E-state index in [0.717, 1.165) is 24.8 Å². The number of nitrogens with one attached hydrogen (secondary N) is 1. The van der Waals surface area contributed by atoms with Crippen molar-refractivity contribution in [2.75, 3.05) is 0 Å². The van der Waals surface area contributed by atoms with Crippen molar-refractivity contribution in [3.8, 4) is 5.75 Å². The molecule has 0 aromatic heterocycles. The molecule has 0 aliphatic carbocycles. The second-order valence-electron chi connectivity index (χ2n) is 4.59. The van der Waals surface area contributed by atoms with E-state index < -0.39 is 0 Å². The predicted molar refractivity (Wildman–Crippen MR) is 78.6 cm³/mol. The summed E-state index contributed by atoms with van der Waals surface area (Å²) in [6.07, 6.45) is 3.15. The lowest BCUT2D eigenvalue weighted by atomic mass is 9.89.